The second-order valence-electron chi connectivity index (χ2n) is 4.32. The van der Waals surface area contributed by atoms with E-state index in [9.17, 15) is 15.0 Å². The van der Waals surface area contributed by atoms with E-state index in [1.807, 2.05) is 0 Å². The lowest BCUT2D eigenvalue weighted by molar-refractivity contribution is -0.110. The molecule has 2 heterocycles. The van der Waals surface area contributed by atoms with Crippen LogP contribution in [0.4, 0.5) is 0 Å². The van der Waals surface area contributed by atoms with Gasteiger partial charge in [0, 0.05) is 0 Å². The van der Waals surface area contributed by atoms with Gasteiger partial charge in [0.1, 0.15) is 0 Å². The molecular formula is C15H14N4O5. The summed E-state index contributed by atoms with van der Waals surface area (Å²) in [5.74, 6) is -1.07. The molecule has 0 aliphatic heterocycles. The Balaban J connectivity index is 2.07. The van der Waals surface area contributed by atoms with Crippen molar-refractivity contribution in [3.05, 3.63) is 35.9 Å². The van der Waals surface area contributed by atoms with E-state index in [0.29, 0.717) is 11.4 Å². The molecule has 9 nitrogen and oxygen atoms in total. The van der Waals surface area contributed by atoms with Crippen LogP contribution in [0, 0.1) is 0 Å². The molecule has 2 rings (SSSR count). The van der Waals surface area contributed by atoms with Crippen LogP contribution < -0.4 is 9.47 Å². The second kappa shape index (κ2) is 7.68. The van der Waals surface area contributed by atoms with Gasteiger partial charge in [-0.15, -0.1) is 0 Å². The third-order valence-corrected chi connectivity index (χ3v) is 2.71. The largest absolute Gasteiger partial charge is 0.489 e. The van der Waals surface area contributed by atoms with Crippen molar-refractivity contribution in [3.8, 4) is 23.5 Å². The van der Waals surface area contributed by atoms with E-state index in [1.54, 1.807) is 0 Å². The maximum atomic E-state index is 11.8. The van der Waals surface area contributed by atoms with Gasteiger partial charge in [-0.2, -0.15) is 0 Å². The zero-order valence-corrected chi connectivity index (χ0v) is 12.9. The Hall–Kier alpha value is -3.49. The molecule has 0 saturated carbocycles. The molecule has 0 unspecified atom stereocenters. The average molecular weight is 330 g/mol. The summed E-state index contributed by atoms with van der Waals surface area (Å²) in [6.45, 7) is 0. The van der Waals surface area contributed by atoms with Gasteiger partial charge in [-0.05, 0) is 24.3 Å². The molecule has 124 valence electrons. The third-order valence-electron chi connectivity index (χ3n) is 2.71. The maximum Gasteiger partial charge on any atom is 0.278 e. The molecule has 0 aliphatic rings. The molecule has 0 aromatic carbocycles. The summed E-state index contributed by atoms with van der Waals surface area (Å²) in [4.78, 5) is 27.1. The first-order chi connectivity index (χ1) is 11.5. The van der Waals surface area contributed by atoms with Gasteiger partial charge in [-0.25, -0.2) is 19.9 Å². The fraction of sp³-hybridized carbons (Fsp3) is 0.133. The highest BCUT2D eigenvalue weighted by molar-refractivity contribution is 6.04. The van der Waals surface area contributed by atoms with Gasteiger partial charge in [0.05, 0.1) is 38.0 Å². The topological polar surface area (TPSA) is 128 Å². The summed E-state index contributed by atoms with van der Waals surface area (Å²) < 4.78 is 9.65. The van der Waals surface area contributed by atoms with Crippen molar-refractivity contribution in [1.29, 1.82) is 0 Å². The predicted octanol–water partition coefficient (Wildman–Crippen LogP) is 0.991. The van der Waals surface area contributed by atoms with Crippen LogP contribution in [0.15, 0.2) is 24.5 Å². The van der Waals surface area contributed by atoms with Gasteiger partial charge in [-0.1, -0.05) is 0 Å². The summed E-state index contributed by atoms with van der Waals surface area (Å²) in [5.41, 5.74) is 0.690. The quantitative estimate of drug-likeness (QED) is 0.745. The van der Waals surface area contributed by atoms with Gasteiger partial charge in [-0.3, -0.25) is 4.79 Å². The van der Waals surface area contributed by atoms with E-state index in [-0.39, 0.29) is 29.3 Å². The van der Waals surface area contributed by atoms with Crippen LogP contribution in [0.2, 0.25) is 0 Å². The van der Waals surface area contributed by atoms with Crippen LogP contribution in [0.25, 0.3) is 12.2 Å². The standard InChI is InChI=1S/C15H14N4O5/c1-23-14-12(21)16-7-9(18-14)3-5-11(20)6-4-10-8-17-13(22)15(19-10)24-2/h3-8H,1-2H3,(H,16,21)(H,17,22)/b5-3+,6-4+. The van der Waals surface area contributed by atoms with E-state index >= 15 is 0 Å². The van der Waals surface area contributed by atoms with Crippen LogP contribution in [0.1, 0.15) is 11.4 Å². The molecule has 0 aliphatic carbocycles. The maximum absolute atomic E-state index is 11.8. The number of hydrogen-bond acceptors (Lipinski definition) is 9. The SMILES string of the molecule is COc1nc(/C=C/C(=O)/C=C/c2cnc(O)c(OC)n2)cnc1O. The van der Waals surface area contributed by atoms with Crippen LogP contribution >= 0.6 is 0 Å². The van der Waals surface area contributed by atoms with Crippen LogP contribution in [-0.4, -0.2) is 50.2 Å². The monoisotopic (exact) mass is 330 g/mol. The molecule has 0 amide bonds. The number of carbonyl (C=O) groups excluding carboxylic acids is 1. The van der Waals surface area contributed by atoms with Crippen molar-refractivity contribution in [1.82, 2.24) is 19.9 Å². The van der Waals surface area contributed by atoms with Crippen molar-refractivity contribution in [3.63, 3.8) is 0 Å². The summed E-state index contributed by atoms with van der Waals surface area (Å²) in [6, 6.07) is 0. The van der Waals surface area contributed by atoms with Gasteiger partial charge in [0.2, 0.25) is 0 Å². The van der Waals surface area contributed by atoms with E-state index in [0.717, 1.165) is 0 Å². The highest BCUT2D eigenvalue weighted by Gasteiger charge is 2.05. The first-order valence-corrected chi connectivity index (χ1v) is 6.63. The fourth-order valence-corrected chi connectivity index (χ4v) is 1.58. The smallest absolute Gasteiger partial charge is 0.278 e. The molecule has 2 aromatic heterocycles. The first kappa shape index (κ1) is 16.9. The zero-order valence-electron chi connectivity index (χ0n) is 12.9. The number of aromatic hydroxyl groups is 2. The minimum Gasteiger partial charge on any atom is -0.489 e. The molecule has 0 atom stereocenters. The minimum atomic E-state index is -0.335. The molecule has 0 spiro atoms. The summed E-state index contributed by atoms with van der Waals surface area (Å²) in [7, 11) is 2.69. The third kappa shape index (κ3) is 4.26. The zero-order chi connectivity index (χ0) is 17.5. The van der Waals surface area contributed by atoms with Crippen molar-refractivity contribution in [2.75, 3.05) is 14.2 Å². The predicted molar refractivity (Wildman–Crippen MR) is 83.6 cm³/mol. The molecule has 0 saturated heterocycles. The molecule has 2 N–H and O–H groups in total. The highest BCUT2D eigenvalue weighted by Crippen LogP contribution is 2.20. The van der Waals surface area contributed by atoms with Crippen LogP contribution in [0.3, 0.4) is 0 Å². The Kier molecular flexibility index (Phi) is 5.40. The van der Waals surface area contributed by atoms with E-state index in [2.05, 4.69) is 19.9 Å². The van der Waals surface area contributed by atoms with E-state index < -0.39 is 0 Å². The highest BCUT2D eigenvalue weighted by atomic mass is 16.5. The molecule has 0 radical (unpaired) electrons. The molecule has 0 bridgehead atoms. The minimum absolute atomic E-state index is 0.0356. The molecular weight excluding hydrogens is 316 g/mol. The second-order valence-corrected chi connectivity index (χ2v) is 4.32. The van der Waals surface area contributed by atoms with Gasteiger partial charge in [0.25, 0.3) is 23.5 Å². The van der Waals surface area contributed by atoms with Gasteiger partial charge < -0.3 is 19.7 Å². The number of carbonyl (C=O) groups is 1. The van der Waals surface area contributed by atoms with Crippen molar-refractivity contribution in [2.45, 2.75) is 0 Å². The number of ketones is 1. The Morgan fingerprint density at radius 3 is 1.71 bits per heavy atom. The van der Waals surface area contributed by atoms with Gasteiger partial charge >= 0.3 is 0 Å². The molecule has 2 aromatic rings. The lowest BCUT2D eigenvalue weighted by atomic mass is 10.2. The Bertz CT molecular complexity index is 739. The van der Waals surface area contributed by atoms with E-state index in [1.165, 1.54) is 50.9 Å². The lowest BCUT2D eigenvalue weighted by Gasteiger charge is -2.01. The van der Waals surface area contributed by atoms with Crippen molar-refractivity contribution >= 4 is 17.9 Å². The average Bonchev–Trinajstić information content (AvgIpc) is 2.60. The lowest BCUT2D eigenvalue weighted by Crippen LogP contribution is -1.94. The van der Waals surface area contributed by atoms with Crippen molar-refractivity contribution < 1.29 is 24.5 Å². The Labute approximate surface area is 137 Å². The number of aromatic nitrogens is 4. The Morgan fingerprint density at radius 1 is 0.917 bits per heavy atom. The number of hydrogen-bond donors (Lipinski definition) is 2. The first-order valence-electron chi connectivity index (χ1n) is 6.63. The Morgan fingerprint density at radius 2 is 1.33 bits per heavy atom. The normalized spacial score (nSPS) is 11.1. The number of ether oxygens (including phenoxy) is 2. The van der Waals surface area contributed by atoms with E-state index in [4.69, 9.17) is 9.47 Å². The summed E-state index contributed by atoms with van der Waals surface area (Å²) in [6.07, 6.45) is 7.96. The summed E-state index contributed by atoms with van der Waals surface area (Å²) >= 11 is 0. The molecule has 24 heavy (non-hydrogen) atoms. The number of methoxy groups -OCH3 is 2. The number of rotatable bonds is 6. The summed E-state index contributed by atoms with van der Waals surface area (Å²) in [5, 5.41) is 18.7. The number of allylic oxidation sites excluding steroid dienone is 2. The fourth-order valence-electron chi connectivity index (χ4n) is 1.58. The van der Waals surface area contributed by atoms with Crippen LogP contribution in [-0.2, 0) is 4.79 Å². The van der Waals surface area contributed by atoms with Crippen LogP contribution in [0.5, 0.6) is 23.5 Å². The molecule has 9 heteroatoms. The van der Waals surface area contributed by atoms with Crippen molar-refractivity contribution in [2.24, 2.45) is 0 Å². The molecule has 0 fully saturated rings. The van der Waals surface area contributed by atoms with Gasteiger partial charge in [0.15, 0.2) is 5.78 Å². The number of nitrogens with zero attached hydrogens (tertiary/aromatic N) is 4.